The Balaban J connectivity index is 2.43. The number of amides is 1. The van der Waals surface area contributed by atoms with Gasteiger partial charge >= 0.3 is 0 Å². The first-order valence-corrected chi connectivity index (χ1v) is 4.08. The second kappa shape index (κ2) is 3.10. The van der Waals surface area contributed by atoms with Crippen LogP contribution in [-0.2, 0) is 6.54 Å². The first-order valence-electron chi connectivity index (χ1n) is 4.08. The van der Waals surface area contributed by atoms with Gasteiger partial charge in [0.05, 0.1) is 18.9 Å². The smallest absolute Gasteiger partial charge is 0.277 e. The molecule has 0 spiro atoms. The molecule has 72 valence electrons. The number of nitroso groups, excluding NO2 is 1. The van der Waals surface area contributed by atoms with Gasteiger partial charge in [0.15, 0.2) is 0 Å². The monoisotopic (exact) mass is 192 g/mol. The molecule has 0 saturated heterocycles. The Morgan fingerprint density at radius 1 is 1.50 bits per heavy atom. The molecule has 0 N–H and O–H groups in total. The highest BCUT2D eigenvalue weighted by atomic mass is 16.5. The van der Waals surface area contributed by atoms with Gasteiger partial charge in [-0.15, -0.1) is 4.91 Å². The third-order valence-electron chi connectivity index (χ3n) is 2.20. The molecule has 0 bridgehead atoms. The van der Waals surface area contributed by atoms with Crippen LogP contribution in [0.3, 0.4) is 0 Å². The average molecular weight is 192 g/mol. The predicted octanol–water partition coefficient (Wildman–Crippen LogP) is 1.33. The molecular weight excluding hydrogens is 184 g/mol. The third kappa shape index (κ3) is 1.14. The average Bonchev–Trinajstić information content (AvgIpc) is 2.55. The maximum atomic E-state index is 11.4. The van der Waals surface area contributed by atoms with Gasteiger partial charge in [-0.3, -0.25) is 4.79 Å². The van der Waals surface area contributed by atoms with E-state index < -0.39 is 0 Å². The van der Waals surface area contributed by atoms with Gasteiger partial charge in [0.1, 0.15) is 5.75 Å². The van der Waals surface area contributed by atoms with Crippen LogP contribution in [0.15, 0.2) is 23.5 Å². The van der Waals surface area contributed by atoms with Crippen LogP contribution < -0.4 is 4.74 Å². The maximum Gasteiger partial charge on any atom is 0.277 e. The van der Waals surface area contributed by atoms with Crippen LogP contribution in [0.1, 0.15) is 15.9 Å². The van der Waals surface area contributed by atoms with Crippen LogP contribution >= 0.6 is 0 Å². The summed E-state index contributed by atoms with van der Waals surface area (Å²) in [7, 11) is 1.55. The van der Waals surface area contributed by atoms with Gasteiger partial charge in [0.25, 0.3) is 5.91 Å². The van der Waals surface area contributed by atoms with Crippen molar-refractivity contribution in [3.63, 3.8) is 0 Å². The van der Waals surface area contributed by atoms with E-state index >= 15 is 0 Å². The first kappa shape index (κ1) is 8.68. The molecule has 1 aromatic carbocycles. The van der Waals surface area contributed by atoms with Gasteiger partial charge < -0.3 is 4.74 Å². The van der Waals surface area contributed by atoms with Crippen molar-refractivity contribution in [3.8, 4) is 5.75 Å². The molecule has 0 unspecified atom stereocenters. The van der Waals surface area contributed by atoms with E-state index in [1.807, 2.05) is 0 Å². The van der Waals surface area contributed by atoms with Crippen LogP contribution in [0.2, 0.25) is 0 Å². The highest BCUT2D eigenvalue weighted by molar-refractivity contribution is 5.98. The van der Waals surface area contributed by atoms with E-state index in [4.69, 9.17) is 4.74 Å². The molecule has 1 aromatic rings. The number of rotatable bonds is 2. The van der Waals surface area contributed by atoms with Crippen LogP contribution in [0.25, 0.3) is 0 Å². The fraction of sp³-hybridized carbons (Fsp3) is 0.222. The molecule has 0 aliphatic carbocycles. The van der Waals surface area contributed by atoms with Crippen molar-refractivity contribution in [2.45, 2.75) is 6.54 Å². The number of benzene rings is 1. The molecule has 0 atom stereocenters. The van der Waals surface area contributed by atoms with E-state index in [1.165, 1.54) is 0 Å². The Labute approximate surface area is 80.2 Å². The predicted molar refractivity (Wildman–Crippen MR) is 48.7 cm³/mol. The Morgan fingerprint density at radius 3 is 2.93 bits per heavy atom. The number of carbonyl (C=O) groups is 1. The van der Waals surface area contributed by atoms with Crippen molar-refractivity contribution in [3.05, 3.63) is 34.2 Å². The Morgan fingerprint density at radius 2 is 2.29 bits per heavy atom. The Bertz CT molecular complexity index is 403. The highest BCUT2D eigenvalue weighted by Crippen LogP contribution is 2.26. The zero-order valence-corrected chi connectivity index (χ0v) is 7.56. The minimum absolute atomic E-state index is 0.231. The normalized spacial score (nSPS) is 14.1. The number of hydrogen-bond donors (Lipinski definition) is 0. The zero-order chi connectivity index (χ0) is 10.1. The molecule has 0 fully saturated rings. The van der Waals surface area contributed by atoms with Crippen molar-refractivity contribution in [2.75, 3.05) is 7.11 Å². The fourth-order valence-electron chi connectivity index (χ4n) is 1.47. The second-order valence-electron chi connectivity index (χ2n) is 2.97. The van der Waals surface area contributed by atoms with Crippen LogP contribution in [-0.4, -0.2) is 18.0 Å². The fourth-order valence-corrected chi connectivity index (χ4v) is 1.47. The second-order valence-corrected chi connectivity index (χ2v) is 2.97. The number of fused-ring (bicyclic) bond motifs is 1. The Kier molecular flexibility index (Phi) is 1.92. The lowest BCUT2D eigenvalue weighted by Gasteiger charge is -2.00. The van der Waals surface area contributed by atoms with Gasteiger partial charge in [-0.25, -0.2) is 0 Å². The van der Waals surface area contributed by atoms with Gasteiger partial charge in [-0.05, 0) is 23.8 Å². The van der Waals surface area contributed by atoms with Gasteiger partial charge in [0.2, 0.25) is 0 Å². The van der Waals surface area contributed by atoms with E-state index in [2.05, 4.69) is 5.29 Å². The summed E-state index contributed by atoms with van der Waals surface area (Å²) in [5, 5.41) is 3.52. The lowest BCUT2D eigenvalue weighted by atomic mass is 10.1. The molecule has 0 aromatic heterocycles. The largest absolute Gasteiger partial charge is 0.497 e. The quantitative estimate of drug-likeness (QED) is 0.664. The molecule has 1 aliphatic rings. The molecule has 0 saturated carbocycles. The lowest BCUT2D eigenvalue weighted by molar-refractivity contribution is 0.0780. The maximum absolute atomic E-state index is 11.4. The molecule has 2 rings (SSSR count). The highest BCUT2D eigenvalue weighted by Gasteiger charge is 2.28. The Hall–Kier alpha value is -1.91. The van der Waals surface area contributed by atoms with E-state index in [-0.39, 0.29) is 12.5 Å². The van der Waals surface area contributed by atoms with E-state index in [1.54, 1.807) is 25.3 Å². The minimum Gasteiger partial charge on any atom is -0.497 e. The van der Waals surface area contributed by atoms with Crippen molar-refractivity contribution < 1.29 is 9.53 Å². The minimum atomic E-state index is -0.349. The zero-order valence-electron chi connectivity index (χ0n) is 7.56. The number of methoxy groups -OCH3 is 1. The SMILES string of the molecule is COc1ccc2c(c1)CN(N=O)C2=O. The van der Waals surface area contributed by atoms with Crippen LogP contribution in [0, 0.1) is 4.91 Å². The molecule has 14 heavy (non-hydrogen) atoms. The van der Waals surface area contributed by atoms with Crippen molar-refractivity contribution in [1.82, 2.24) is 5.01 Å². The molecule has 5 nitrogen and oxygen atoms in total. The van der Waals surface area contributed by atoms with Gasteiger partial charge in [0, 0.05) is 5.56 Å². The van der Waals surface area contributed by atoms with Crippen molar-refractivity contribution in [1.29, 1.82) is 0 Å². The summed E-state index contributed by atoms with van der Waals surface area (Å²) in [6, 6.07) is 5.06. The summed E-state index contributed by atoms with van der Waals surface area (Å²) < 4.78 is 5.01. The summed E-state index contributed by atoms with van der Waals surface area (Å²) in [5.74, 6) is 0.321. The first-order chi connectivity index (χ1) is 6.76. The summed E-state index contributed by atoms with van der Waals surface area (Å²) in [5.41, 5.74) is 1.29. The van der Waals surface area contributed by atoms with Gasteiger partial charge in [-0.1, -0.05) is 0 Å². The third-order valence-corrected chi connectivity index (χ3v) is 2.20. The molecule has 1 aliphatic heterocycles. The summed E-state index contributed by atoms with van der Waals surface area (Å²) >= 11 is 0. The molecular formula is C9H8N2O3. The van der Waals surface area contributed by atoms with Crippen molar-refractivity contribution in [2.24, 2.45) is 5.29 Å². The lowest BCUT2D eigenvalue weighted by Crippen LogP contribution is -2.15. The number of ether oxygens (including phenoxy) is 1. The van der Waals surface area contributed by atoms with Crippen LogP contribution in [0.4, 0.5) is 0 Å². The summed E-state index contributed by atoms with van der Waals surface area (Å²) in [6.45, 7) is 0.231. The number of hydrogen-bond acceptors (Lipinski definition) is 4. The molecule has 1 heterocycles. The van der Waals surface area contributed by atoms with Crippen LogP contribution in [0.5, 0.6) is 5.75 Å². The summed E-state index contributed by atoms with van der Waals surface area (Å²) in [4.78, 5) is 21.7. The topological polar surface area (TPSA) is 59.0 Å². The van der Waals surface area contributed by atoms with E-state index in [9.17, 15) is 9.70 Å². The van der Waals surface area contributed by atoms with E-state index in [0.717, 1.165) is 10.6 Å². The number of nitrogens with zero attached hydrogens (tertiary/aromatic N) is 2. The molecule has 5 heteroatoms. The van der Waals surface area contributed by atoms with Crippen molar-refractivity contribution >= 4 is 5.91 Å². The molecule has 0 radical (unpaired) electrons. The number of carbonyl (C=O) groups excluding carboxylic acids is 1. The van der Waals surface area contributed by atoms with E-state index in [0.29, 0.717) is 11.3 Å². The standard InChI is InChI=1S/C9H8N2O3/c1-14-7-2-3-8-6(4-7)5-11(10-13)9(8)12/h2-4H,5H2,1H3. The van der Waals surface area contributed by atoms with Gasteiger partial charge in [-0.2, -0.15) is 5.01 Å². The molecule has 1 amide bonds. The summed E-state index contributed by atoms with van der Waals surface area (Å²) in [6.07, 6.45) is 0.